The summed E-state index contributed by atoms with van der Waals surface area (Å²) < 4.78 is 69.3. The van der Waals surface area contributed by atoms with E-state index in [4.69, 9.17) is 56.8 Å². The van der Waals surface area contributed by atoms with E-state index in [0.29, 0.717) is 60.3 Å². The first-order chi connectivity index (χ1) is 57.4. The summed E-state index contributed by atoms with van der Waals surface area (Å²) in [7, 11) is 0. The van der Waals surface area contributed by atoms with E-state index in [-0.39, 0.29) is 72.4 Å². The van der Waals surface area contributed by atoms with Gasteiger partial charge in [-0.05, 0) is 443 Å². The molecule has 29 atom stereocenters. The summed E-state index contributed by atoms with van der Waals surface area (Å²) in [5.41, 5.74) is -1.24. The summed E-state index contributed by atoms with van der Waals surface area (Å²) >= 11 is 0. The lowest BCUT2D eigenvalue weighted by Crippen LogP contribution is -2.50. The second kappa shape index (κ2) is 40.7. The van der Waals surface area contributed by atoms with Crippen LogP contribution in [0.1, 0.15) is 364 Å². The Labute approximate surface area is 731 Å². The Morgan fingerprint density at radius 3 is 0.777 bits per heavy atom. The minimum atomic E-state index is -0.415. The lowest BCUT2D eigenvalue weighted by molar-refractivity contribution is -0.224. The Bertz CT molecular complexity index is 3350. The van der Waals surface area contributed by atoms with Crippen molar-refractivity contribution in [3.8, 4) is 0 Å². The summed E-state index contributed by atoms with van der Waals surface area (Å²) in [6.45, 7) is 40.6. The number of ether oxygens (including phenoxy) is 12. The van der Waals surface area contributed by atoms with Crippen molar-refractivity contribution >= 4 is 35.8 Å². The SMILES string of the molecule is CCC(C)(C)C(=O)OC(C)OC1C2CC3CC(C2)CC1C3.CCC(C)(C)C(=O)OC(C)OC1CC2CC1C1C3CCC(C3)C21.CCC(C)(C)C(=O)OC(C)OC1CC2CCC1C2.CCC(C)C(=O)OC(C)OC1C2CC3CC(C2)CC1C3.CCC(C)C(=O)OC(C)OC1CC2CC1C1C3CCC(C3)C21.CCC(C)C(=O)OC(C)OC1CC2CCC1C2. The van der Waals surface area contributed by atoms with E-state index in [0.717, 1.165) is 170 Å². The minimum Gasteiger partial charge on any atom is -0.436 e. The van der Waals surface area contributed by atoms with Crippen LogP contribution in [0.4, 0.5) is 0 Å². The van der Waals surface area contributed by atoms with Crippen molar-refractivity contribution < 1.29 is 85.6 Å². The summed E-state index contributed by atoms with van der Waals surface area (Å²) in [6.07, 6.45) is 42.3. The summed E-state index contributed by atoms with van der Waals surface area (Å²) in [5.74, 6) is 20.1. The van der Waals surface area contributed by atoms with Gasteiger partial charge in [0.15, 0.2) is 37.7 Å². The molecule has 20 fully saturated rings. The summed E-state index contributed by atoms with van der Waals surface area (Å²) in [4.78, 5) is 71.7. The molecule has 0 N–H and O–H groups in total. The van der Waals surface area contributed by atoms with Crippen LogP contribution in [0, 0.1) is 176 Å². The van der Waals surface area contributed by atoms with Crippen molar-refractivity contribution in [3.63, 3.8) is 0 Å². The van der Waals surface area contributed by atoms with E-state index in [1.54, 1.807) is 0 Å². The maximum Gasteiger partial charge on any atom is 0.313 e. The number of hydrogen-bond donors (Lipinski definition) is 0. The van der Waals surface area contributed by atoms with Gasteiger partial charge in [-0.1, -0.05) is 62.3 Å². The zero-order valence-corrected chi connectivity index (χ0v) is 79.4. The van der Waals surface area contributed by atoms with E-state index in [1.165, 1.54) is 167 Å². The molecule has 20 bridgehead atoms. The highest BCUT2D eigenvalue weighted by Crippen LogP contribution is 2.70. The molecule has 0 aromatic carbocycles. The van der Waals surface area contributed by atoms with Gasteiger partial charge in [-0.2, -0.15) is 0 Å². The van der Waals surface area contributed by atoms with E-state index in [2.05, 4.69) is 0 Å². The van der Waals surface area contributed by atoms with Gasteiger partial charge in [0, 0.05) is 0 Å². The van der Waals surface area contributed by atoms with Gasteiger partial charge >= 0.3 is 35.8 Å². The molecule has 20 rings (SSSR count). The third-order valence-corrected chi connectivity index (χ3v) is 36.2. The van der Waals surface area contributed by atoms with Crippen LogP contribution in [0.25, 0.3) is 0 Å². The molecule has 20 saturated carbocycles. The number of hydrogen-bond acceptors (Lipinski definition) is 18. The van der Waals surface area contributed by atoms with Crippen LogP contribution in [-0.4, -0.2) is 110 Å². The first-order valence-electron chi connectivity index (χ1n) is 50.6. The van der Waals surface area contributed by atoms with Gasteiger partial charge in [-0.3, -0.25) is 28.8 Å². The van der Waals surface area contributed by atoms with Crippen molar-refractivity contribution in [1.82, 2.24) is 0 Å². The number of rotatable bonds is 30. The van der Waals surface area contributed by atoms with Crippen LogP contribution in [0.15, 0.2) is 0 Å². The first-order valence-corrected chi connectivity index (χ1v) is 50.6. The molecule has 0 aromatic rings. The van der Waals surface area contributed by atoms with Crippen molar-refractivity contribution in [2.24, 2.45) is 176 Å². The molecular weight excluding hydrogens is 1530 g/mol. The van der Waals surface area contributed by atoms with Gasteiger partial charge in [-0.15, -0.1) is 0 Å². The fourth-order valence-electron chi connectivity index (χ4n) is 28.5. The van der Waals surface area contributed by atoms with Gasteiger partial charge in [0.1, 0.15) is 0 Å². The number of fused-ring (bicyclic) bond motifs is 22. The third kappa shape index (κ3) is 22.4. The lowest BCUT2D eigenvalue weighted by atomic mass is 9.55. The molecule has 121 heavy (non-hydrogen) atoms. The highest BCUT2D eigenvalue weighted by molar-refractivity contribution is 5.77. The van der Waals surface area contributed by atoms with Gasteiger partial charge in [0.05, 0.1) is 70.6 Å². The topological polar surface area (TPSA) is 213 Å². The van der Waals surface area contributed by atoms with Crippen LogP contribution in [0.3, 0.4) is 0 Å². The number of carbonyl (C=O) groups is 6. The molecule has 0 aliphatic heterocycles. The zero-order chi connectivity index (χ0) is 87.0. The summed E-state index contributed by atoms with van der Waals surface area (Å²) in [5, 5.41) is 0. The first kappa shape index (κ1) is 95.2. The zero-order valence-electron chi connectivity index (χ0n) is 79.4. The largest absolute Gasteiger partial charge is 0.436 e. The normalized spacial score (nSPS) is 40.6. The predicted octanol–water partition coefficient (Wildman–Crippen LogP) is 23.0. The molecular formula is C103H170O18. The third-order valence-electron chi connectivity index (χ3n) is 36.2. The highest BCUT2D eigenvalue weighted by atomic mass is 16.7. The van der Waals surface area contributed by atoms with Crippen molar-refractivity contribution in [2.45, 2.75) is 438 Å². The molecule has 0 radical (unpaired) electrons. The van der Waals surface area contributed by atoms with Crippen LogP contribution in [-0.2, 0) is 85.6 Å². The molecule has 0 aromatic heterocycles. The Morgan fingerprint density at radius 2 is 0.504 bits per heavy atom. The Balaban J connectivity index is 0.000000126. The van der Waals surface area contributed by atoms with Crippen LogP contribution < -0.4 is 0 Å². The molecule has 20 aliphatic rings. The quantitative estimate of drug-likeness (QED) is 0.0283. The smallest absolute Gasteiger partial charge is 0.313 e. The molecule has 29 unspecified atom stereocenters. The van der Waals surface area contributed by atoms with E-state index in [9.17, 15) is 28.8 Å². The van der Waals surface area contributed by atoms with Crippen molar-refractivity contribution in [3.05, 3.63) is 0 Å². The van der Waals surface area contributed by atoms with Gasteiger partial charge in [-0.25, -0.2) is 0 Å². The predicted molar refractivity (Wildman–Crippen MR) is 466 cm³/mol. The Hall–Kier alpha value is -3.42. The van der Waals surface area contributed by atoms with E-state index < -0.39 is 35.1 Å². The molecule has 690 valence electrons. The van der Waals surface area contributed by atoms with Crippen LogP contribution >= 0.6 is 0 Å². The average Bonchev–Trinajstić information content (AvgIpc) is 1.56. The maximum atomic E-state index is 12.2. The van der Waals surface area contributed by atoms with Gasteiger partial charge in [0.25, 0.3) is 0 Å². The Morgan fingerprint density at radius 1 is 0.248 bits per heavy atom. The second-order valence-electron chi connectivity index (χ2n) is 45.4. The Kier molecular flexibility index (Phi) is 32.0. The molecule has 0 amide bonds. The van der Waals surface area contributed by atoms with E-state index in [1.807, 2.05) is 145 Å². The van der Waals surface area contributed by atoms with E-state index >= 15 is 0 Å². The monoisotopic (exact) mass is 1700 g/mol. The average molecular weight is 1700 g/mol. The van der Waals surface area contributed by atoms with Crippen molar-refractivity contribution in [2.75, 3.05) is 0 Å². The van der Waals surface area contributed by atoms with Gasteiger partial charge < -0.3 is 56.8 Å². The fourth-order valence-corrected chi connectivity index (χ4v) is 28.5. The number of esters is 6. The number of carbonyl (C=O) groups excluding carboxylic acids is 6. The van der Waals surface area contributed by atoms with Crippen LogP contribution in [0.2, 0.25) is 0 Å². The van der Waals surface area contributed by atoms with Crippen LogP contribution in [0.5, 0.6) is 0 Å². The molecule has 0 heterocycles. The van der Waals surface area contributed by atoms with Crippen molar-refractivity contribution in [1.29, 1.82) is 0 Å². The summed E-state index contributed by atoms with van der Waals surface area (Å²) in [6, 6.07) is 0. The molecule has 0 spiro atoms. The minimum absolute atomic E-state index is 0.0268. The standard InChI is InChI=1S/C20H32O3.C19H30O3.C18H30O3.C17H28O3.C15H26O3.C14H24O3/c1-5-20(3,4)19(21)23-11(2)22-16-10-14-9-15(16)18-13-7-6-12(8-13)17(14)18;1-4-10(2)19(20)22-11(3)21-16-9-14-8-15(16)18-13-6-5-12(7-13)17(14)18;1-5-18(3,4)17(19)21-11(2)20-16-14-7-12-6-13(9-14)10-15(16)8-12;1-4-10(2)17(18)20-11(3)19-16-14-6-12-5-13(8-14)9-15(16)7-12;1-5-15(3,4)14(16)18-10(2)17-13-9-11-6-7-12(13)8-11;1-4-9(2)14(15)17-10(3)16-13-8-11-5-6-12(13)7-11/h11-18H,5-10H2,1-4H3;10-18H,4-9H2,1-3H3;11-16H,5-10H2,1-4H3;10-16H,4-9H2,1-3H3;10-13H,5-9H2,1-4H3;9-13H,4-8H2,1-3H3. The second-order valence-corrected chi connectivity index (χ2v) is 45.4. The molecule has 18 heteroatoms. The molecule has 18 nitrogen and oxygen atoms in total. The molecule has 20 aliphatic carbocycles. The highest BCUT2D eigenvalue weighted by Gasteiger charge is 2.65. The molecule has 0 saturated heterocycles. The van der Waals surface area contributed by atoms with Gasteiger partial charge in [0.2, 0.25) is 0 Å². The fraction of sp³-hybridized carbons (Fsp3) is 0.942. The maximum absolute atomic E-state index is 12.2. The lowest BCUT2D eigenvalue weighted by Gasteiger charge is -2.54.